The van der Waals surface area contributed by atoms with Gasteiger partial charge in [0.05, 0.1) is 20.4 Å². The molecule has 2 heterocycles. The predicted octanol–water partition coefficient (Wildman–Crippen LogP) is 8.56. The van der Waals surface area contributed by atoms with Gasteiger partial charge in [0.15, 0.2) is 10.3 Å². The van der Waals surface area contributed by atoms with Crippen LogP contribution in [0.25, 0.3) is 32.6 Å². The van der Waals surface area contributed by atoms with Crippen LogP contribution < -0.4 is 10.6 Å². The van der Waals surface area contributed by atoms with E-state index in [2.05, 4.69) is 93.4 Å². The molecule has 4 aromatic carbocycles. The molecule has 6 aromatic rings. The molecule has 0 aliphatic rings. The Morgan fingerprint density at radius 3 is 1.32 bits per heavy atom. The van der Waals surface area contributed by atoms with Crippen molar-refractivity contribution in [1.29, 1.82) is 0 Å². The summed E-state index contributed by atoms with van der Waals surface area (Å²) < 4.78 is 2.37. The Morgan fingerprint density at radius 2 is 0.912 bits per heavy atom. The van der Waals surface area contributed by atoms with Gasteiger partial charge in [-0.1, -0.05) is 83.4 Å². The largest absolute Gasteiger partial charge is 0.332 e. The zero-order valence-electron chi connectivity index (χ0n) is 18.1. The van der Waals surface area contributed by atoms with Crippen LogP contribution in [0.2, 0.25) is 0 Å². The van der Waals surface area contributed by atoms with Crippen molar-refractivity contribution in [2.24, 2.45) is 0 Å². The zero-order valence-corrected chi connectivity index (χ0v) is 19.7. The molecule has 4 nitrogen and oxygen atoms in total. The van der Waals surface area contributed by atoms with Gasteiger partial charge in [0, 0.05) is 11.4 Å². The molecule has 0 radical (unpaired) electrons. The first-order chi connectivity index (χ1) is 16.8. The second-order valence-corrected chi connectivity index (χ2v) is 9.86. The molecule has 0 unspecified atom stereocenters. The van der Waals surface area contributed by atoms with Crippen molar-refractivity contribution in [3.8, 4) is 0 Å². The summed E-state index contributed by atoms with van der Waals surface area (Å²) in [6, 6.07) is 33.1. The maximum Gasteiger partial charge on any atom is 0.188 e. The minimum Gasteiger partial charge on any atom is -0.332 e. The number of para-hydroxylation sites is 2. The fourth-order valence-electron chi connectivity index (χ4n) is 3.65. The summed E-state index contributed by atoms with van der Waals surface area (Å²) in [5.41, 5.74) is 6.40. The van der Waals surface area contributed by atoms with Crippen molar-refractivity contribution in [3.63, 3.8) is 0 Å². The highest BCUT2D eigenvalue weighted by molar-refractivity contribution is 7.22. The Kier molecular flexibility index (Phi) is 5.51. The van der Waals surface area contributed by atoms with Gasteiger partial charge < -0.3 is 10.6 Å². The molecule has 0 spiro atoms. The zero-order chi connectivity index (χ0) is 22.7. The molecular formula is C28H20N4S2. The summed E-state index contributed by atoms with van der Waals surface area (Å²) in [6.07, 6.45) is 4.24. The summed E-state index contributed by atoms with van der Waals surface area (Å²) in [4.78, 5) is 9.27. The van der Waals surface area contributed by atoms with Gasteiger partial charge in [-0.2, -0.15) is 0 Å². The Bertz CT molecular complexity index is 1410. The molecule has 0 aliphatic carbocycles. The Morgan fingerprint density at radius 1 is 0.500 bits per heavy atom. The fourth-order valence-corrected chi connectivity index (χ4v) is 5.42. The van der Waals surface area contributed by atoms with E-state index in [9.17, 15) is 0 Å². The predicted molar refractivity (Wildman–Crippen MR) is 148 cm³/mol. The number of fused-ring (bicyclic) bond motifs is 2. The van der Waals surface area contributed by atoms with Crippen LogP contribution in [0, 0.1) is 0 Å². The lowest BCUT2D eigenvalue weighted by molar-refractivity contribution is 1.44. The number of anilines is 4. The first-order valence-electron chi connectivity index (χ1n) is 10.9. The number of aromatic nitrogens is 2. The molecule has 34 heavy (non-hydrogen) atoms. The van der Waals surface area contributed by atoms with Gasteiger partial charge in [-0.25, -0.2) is 9.97 Å². The van der Waals surface area contributed by atoms with Gasteiger partial charge >= 0.3 is 0 Å². The molecule has 0 saturated carbocycles. The van der Waals surface area contributed by atoms with Crippen LogP contribution in [0.15, 0.2) is 97.1 Å². The summed E-state index contributed by atoms with van der Waals surface area (Å²) in [6.45, 7) is 0. The van der Waals surface area contributed by atoms with Crippen molar-refractivity contribution in [2.45, 2.75) is 0 Å². The molecule has 6 heteroatoms. The lowest BCUT2D eigenvalue weighted by atomic mass is 10.1. The standard InChI is InChI=1S/C28H20N4S2/c1-3-7-25-23(5-1)31-27(33-25)29-21-15-11-19(12-16-21)9-10-20-13-17-22(18-14-20)30-28-32-24-6-2-4-8-26(24)34-28/h1-18H,(H,29,31)(H,30,32)/b10-9-. The Hall–Kier alpha value is -4.00. The van der Waals surface area contributed by atoms with E-state index < -0.39 is 0 Å². The number of rotatable bonds is 6. The first kappa shape index (κ1) is 20.6. The Labute approximate surface area is 205 Å². The van der Waals surface area contributed by atoms with E-state index in [1.54, 1.807) is 22.7 Å². The SMILES string of the molecule is C(=C/c1ccc(Nc2nc3ccccc3s2)cc1)/c1ccc(Nc2nc3ccccc3s2)cc1. The second-order valence-electron chi connectivity index (χ2n) is 7.80. The summed E-state index contributed by atoms with van der Waals surface area (Å²) in [5.74, 6) is 0. The fraction of sp³-hybridized carbons (Fsp3) is 0. The topological polar surface area (TPSA) is 49.8 Å². The minimum absolute atomic E-state index is 0.907. The monoisotopic (exact) mass is 476 g/mol. The maximum absolute atomic E-state index is 4.64. The molecule has 2 aromatic heterocycles. The maximum atomic E-state index is 4.64. The van der Waals surface area contributed by atoms with E-state index in [0.717, 1.165) is 43.8 Å². The van der Waals surface area contributed by atoms with Crippen LogP contribution in [0.1, 0.15) is 11.1 Å². The van der Waals surface area contributed by atoms with Crippen LogP contribution in [0.5, 0.6) is 0 Å². The van der Waals surface area contributed by atoms with Gasteiger partial charge in [0.2, 0.25) is 0 Å². The minimum atomic E-state index is 0.907. The quantitative estimate of drug-likeness (QED) is 0.236. The molecular weight excluding hydrogens is 456 g/mol. The third-order valence-electron chi connectivity index (χ3n) is 5.38. The van der Waals surface area contributed by atoms with Crippen molar-refractivity contribution in [3.05, 3.63) is 108 Å². The lowest BCUT2D eigenvalue weighted by Crippen LogP contribution is -1.89. The number of hydrogen-bond acceptors (Lipinski definition) is 6. The first-order valence-corrected chi connectivity index (χ1v) is 12.6. The van der Waals surface area contributed by atoms with Crippen LogP contribution in [-0.2, 0) is 0 Å². The summed E-state index contributed by atoms with van der Waals surface area (Å²) in [5, 5.41) is 8.61. The highest BCUT2D eigenvalue weighted by atomic mass is 32.1. The third kappa shape index (κ3) is 4.55. The second kappa shape index (κ2) is 9.09. The van der Waals surface area contributed by atoms with Crippen molar-refractivity contribution >= 4 is 76.9 Å². The van der Waals surface area contributed by atoms with Crippen LogP contribution in [0.4, 0.5) is 21.6 Å². The van der Waals surface area contributed by atoms with Gasteiger partial charge in [-0.15, -0.1) is 0 Å². The van der Waals surface area contributed by atoms with E-state index in [1.807, 2.05) is 36.4 Å². The van der Waals surface area contributed by atoms with Crippen LogP contribution >= 0.6 is 22.7 Å². The molecule has 164 valence electrons. The van der Waals surface area contributed by atoms with E-state index in [0.29, 0.717) is 0 Å². The number of nitrogens with zero attached hydrogens (tertiary/aromatic N) is 2. The van der Waals surface area contributed by atoms with Gasteiger partial charge in [-0.3, -0.25) is 0 Å². The molecule has 2 N–H and O–H groups in total. The average molecular weight is 477 g/mol. The normalized spacial score (nSPS) is 11.4. The molecule has 0 bridgehead atoms. The molecule has 6 rings (SSSR count). The van der Waals surface area contributed by atoms with E-state index in [-0.39, 0.29) is 0 Å². The number of nitrogens with one attached hydrogen (secondary N) is 2. The molecule has 0 atom stereocenters. The van der Waals surface area contributed by atoms with Gasteiger partial charge in [0.25, 0.3) is 0 Å². The third-order valence-corrected chi connectivity index (χ3v) is 7.28. The van der Waals surface area contributed by atoms with E-state index >= 15 is 0 Å². The average Bonchev–Trinajstić information content (AvgIpc) is 3.47. The number of hydrogen-bond donors (Lipinski definition) is 2. The van der Waals surface area contributed by atoms with Crippen molar-refractivity contribution in [1.82, 2.24) is 9.97 Å². The molecule has 0 amide bonds. The highest BCUT2D eigenvalue weighted by Crippen LogP contribution is 2.29. The number of thiazole rings is 2. The van der Waals surface area contributed by atoms with Crippen LogP contribution in [-0.4, -0.2) is 9.97 Å². The van der Waals surface area contributed by atoms with Gasteiger partial charge in [0.1, 0.15) is 0 Å². The summed E-state index contributed by atoms with van der Waals surface area (Å²) in [7, 11) is 0. The molecule has 0 saturated heterocycles. The van der Waals surface area contributed by atoms with Crippen molar-refractivity contribution < 1.29 is 0 Å². The lowest BCUT2D eigenvalue weighted by Gasteiger charge is -2.03. The highest BCUT2D eigenvalue weighted by Gasteiger charge is 2.04. The molecule has 0 aliphatic heterocycles. The van der Waals surface area contributed by atoms with Gasteiger partial charge in [-0.05, 0) is 59.7 Å². The molecule has 0 fully saturated rings. The summed E-state index contributed by atoms with van der Waals surface area (Å²) >= 11 is 3.32. The smallest absolute Gasteiger partial charge is 0.188 e. The van der Waals surface area contributed by atoms with E-state index in [1.165, 1.54) is 9.40 Å². The Balaban J connectivity index is 1.09. The van der Waals surface area contributed by atoms with Crippen LogP contribution in [0.3, 0.4) is 0 Å². The van der Waals surface area contributed by atoms with E-state index in [4.69, 9.17) is 0 Å². The van der Waals surface area contributed by atoms with Crippen molar-refractivity contribution in [2.75, 3.05) is 10.6 Å². The number of benzene rings is 4.